The normalized spacial score (nSPS) is 14.3. The van der Waals surface area contributed by atoms with Crippen molar-refractivity contribution in [3.63, 3.8) is 0 Å². The Hall–Kier alpha value is -3.48. The first-order valence-electron chi connectivity index (χ1n) is 11.0. The number of nitrogens with one attached hydrogen (secondary N) is 1. The van der Waals surface area contributed by atoms with E-state index in [2.05, 4.69) is 5.32 Å². The van der Waals surface area contributed by atoms with Gasteiger partial charge in [0, 0.05) is 23.7 Å². The number of aryl methyl sites for hydroxylation is 2. The molecule has 0 radical (unpaired) electrons. The predicted octanol–water partition coefficient (Wildman–Crippen LogP) is 4.08. The summed E-state index contributed by atoms with van der Waals surface area (Å²) in [5.41, 5.74) is 2.35. The molecule has 0 atom stereocenters. The fraction of sp³-hybridized carbons (Fsp3) is 0.385. The van der Waals surface area contributed by atoms with Crippen LogP contribution in [-0.4, -0.2) is 25.7 Å². The lowest BCUT2D eigenvalue weighted by Gasteiger charge is -2.33. The van der Waals surface area contributed by atoms with Gasteiger partial charge in [0.05, 0.1) is 31.6 Å². The Bertz CT molecular complexity index is 1270. The van der Waals surface area contributed by atoms with Crippen LogP contribution in [0.3, 0.4) is 0 Å². The van der Waals surface area contributed by atoms with Gasteiger partial charge in [-0.25, -0.2) is 4.79 Å². The molecular weight excluding hydrogens is 422 g/mol. The Morgan fingerprint density at radius 1 is 1.15 bits per heavy atom. The summed E-state index contributed by atoms with van der Waals surface area (Å²) < 4.78 is 22.8. The van der Waals surface area contributed by atoms with Gasteiger partial charge in [-0.05, 0) is 45.2 Å². The highest BCUT2D eigenvalue weighted by Gasteiger charge is 2.31. The van der Waals surface area contributed by atoms with E-state index in [1.165, 1.54) is 0 Å². The summed E-state index contributed by atoms with van der Waals surface area (Å²) in [6.07, 6.45) is 1.43. The number of para-hydroxylation sites is 1. The fourth-order valence-electron chi connectivity index (χ4n) is 4.31. The van der Waals surface area contributed by atoms with Crippen LogP contribution in [-0.2, 0) is 24.2 Å². The minimum absolute atomic E-state index is 0.0942. The maximum absolute atomic E-state index is 12.9. The molecule has 2 heterocycles. The van der Waals surface area contributed by atoms with Crippen LogP contribution in [0.2, 0.25) is 0 Å². The van der Waals surface area contributed by atoms with E-state index in [9.17, 15) is 9.59 Å². The number of hydrogen-bond acceptors (Lipinski definition) is 6. The number of benzene rings is 2. The smallest absolute Gasteiger partial charge is 0.340 e. The average Bonchev–Trinajstić information content (AvgIpc) is 2.79. The molecule has 0 spiro atoms. The molecule has 1 aliphatic heterocycles. The van der Waals surface area contributed by atoms with Gasteiger partial charge < -0.3 is 23.9 Å². The molecule has 7 nitrogen and oxygen atoms in total. The number of ether oxygens (including phenoxy) is 3. The van der Waals surface area contributed by atoms with Crippen molar-refractivity contribution in [3.8, 4) is 17.2 Å². The Morgan fingerprint density at radius 3 is 2.61 bits per heavy atom. The van der Waals surface area contributed by atoms with Crippen LogP contribution in [0.1, 0.15) is 42.5 Å². The highest BCUT2D eigenvalue weighted by molar-refractivity contribution is 5.93. The zero-order valence-corrected chi connectivity index (χ0v) is 19.7. The van der Waals surface area contributed by atoms with Crippen molar-refractivity contribution in [2.24, 2.45) is 0 Å². The number of carbonyl (C=O) groups excluding carboxylic acids is 1. The summed E-state index contributed by atoms with van der Waals surface area (Å²) in [7, 11) is 3.15. The lowest BCUT2D eigenvalue weighted by Crippen LogP contribution is -2.32. The van der Waals surface area contributed by atoms with Crippen molar-refractivity contribution in [2.75, 3.05) is 14.2 Å². The summed E-state index contributed by atoms with van der Waals surface area (Å²) in [5.74, 6) is 1.63. The van der Waals surface area contributed by atoms with Crippen LogP contribution in [0.5, 0.6) is 17.2 Å². The first kappa shape index (κ1) is 22.7. The van der Waals surface area contributed by atoms with Crippen molar-refractivity contribution < 1.29 is 23.4 Å². The first-order valence-corrected chi connectivity index (χ1v) is 11.0. The minimum Gasteiger partial charge on any atom is -0.496 e. The third kappa shape index (κ3) is 4.40. The number of fused-ring (bicyclic) bond motifs is 3. The van der Waals surface area contributed by atoms with Crippen molar-refractivity contribution in [3.05, 3.63) is 63.0 Å². The number of amides is 1. The first-order chi connectivity index (χ1) is 15.7. The van der Waals surface area contributed by atoms with E-state index in [0.717, 1.165) is 24.0 Å². The molecular formula is C26H29NO6. The number of rotatable bonds is 6. The van der Waals surface area contributed by atoms with Crippen molar-refractivity contribution in [1.82, 2.24) is 5.32 Å². The molecule has 0 aliphatic carbocycles. The molecule has 0 bridgehead atoms. The number of hydrogen-bond donors (Lipinski definition) is 1. The molecule has 0 saturated carbocycles. The maximum Gasteiger partial charge on any atom is 0.340 e. The summed E-state index contributed by atoms with van der Waals surface area (Å²) in [5, 5.41) is 3.56. The molecule has 1 aromatic heterocycles. The minimum atomic E-state index is -0.521. The fourth-order valence-corrected chi connectivity index (χ4v) is 4.31. The molecule has 1 amide bonds. The van der Waals surface area contributed by atoms with Crippen molar-refractivity contribution >= 4 is 16.9 Å². The van der Waals surface area contributed by atoms with Gasteiger partial charge >= 0.3 is 5.63 Å². The SMILES string of the molecule is COc1ccccc1CNC(=O)Cc1c(C)c2c(OC)cc3c(c2oc1=O)CCC(C)(C)O3. The Morgan fingerprint density at radius 2 is 1.88 bits per heavy atom. The Labute approximate surface area is 192 Å². The van der Waals surface area contributed by atoms with E-state index in [4.69, 9.17) is 18.6 Å². The monoisotopic (exact) mass is 451 g/mol. The zero-order valence-electron chi connectivity index (χ0n) is 19.7. The summed E-state index contributed by atoms with van der Waals surface area (Å²) >= 11 is 0. The highest BCUT2D eigenvalue weighted by Crippen LogP contribution is 2.43. The van der Waals surface area contributed by atoms with E-state index < -0.39 is 5.63 Å². The summed E-state index contributed by atoms with van der Waals surface area (Å²) in [4.78, 5) is 25.6. The van der Waals surface area contributed by atoms with Gasteiger partial charge in [-0.15, -0.1) is 0 Å². The van der Waals surface area contributed by atoms with E-state index in [0.29, 0.717) is 45.9 Å². The van der Waals surface area contributed by atoms with Gasteiger partial charge in [-0.2, -0.15) is 0 Å². The zero-order chi connectivity index (χ0) is 23.8. The van der Waals surface area contributed by atoms with Crippen molar-refractivity contribution in [1.29, 1.82) is 0 Å². The van der Waals surface area contributed by atoms with Crippen LogP contribution < -0.4 is 25.2 Å². The van der Waals surface area contributed by atoms with Crippen LogP contribution in [0, 0.1) is 6.92 Å². The largest absolute Gasteiger partial charge is 0.496 e. The lowest BCUT2D eigenvalue weighted by atomic mass is 9.91. The van der Waals surface area contributed by atoms with E-state index in [1.54, 1.807) is 14.2 Å². The maximum atomic E-state index is 12.9. The molecule has 3 aromatic rings. The van der Waals surface area contributed by atoms with Crippen LogP contribution >= 0.6 is 0 Å². The molecule has 174 valence electrons. The Kier molecular flexibility index (Phi) is 6.06. The molecule has 2 aromatic carbocycles. The van der Waals surface area contributed by atoms with Gasteiger partial charge in [-0.3, -0.25) is 4.79 Å². The molecule has 0 fully saturated rings. The van der Waals surface area contributed by atoms with E-state index in [-0.39, 0.29) is 17.9 Å². The van der Waals surface area contributed by atoms with Gasteiger partial charge in [0.1, 0.15) is 28.4 Å². The summed E-state index contributed by atoms with van der Waals surface area (Å²) in [6.45, 7) is 6.18. The van der Waals surface area contributed by atoms with Crippen LogP contribution in [0.25, 0.3) is 11.0 Å². The topological polar surface area (TPSA) is 87.0 Å². The molecule has 0 saturated heterocycles. The van der Waals surface area contributed by atoms with Gasteiger partial charge in [0.2, 0.25) is 5.91 Å². The Balaban J connectivity index is 1.66. The van der Waals surface area contributed by atoms with Crippen LogP contribution in [0.4, 0.5) is 0 Å². The standard InChI is InChI=1S/C26H29NO6/c1-15-18(12-22(28)27-14-16-8-6-7-9-19(16)30-4)25(29)32-24-17-10-11-26(2,3)33-20(17)13-21(31-5)23(15)24/h6-9,13H,10-12,14H2,1-5H3,(H,27,28). The quantitative estimate of drug-likeness (QED) is 0.569. The summed E-state index contributed by atoms with van der Waals surface area (Å²) in [6, 6.07) is 9.31. The molecule has 1 aliphatic rings. The molecule has 7 heteroatoms. The third-order valence-electron chi connectivity index (χ3n) is 6.17. The van der Waals surface area contributed by atoms with Gasteiger partial charge in [-0.1, -0.05) is 18.2 Å². The average molecular weight is 452 g/mol. The van der Waals surface area contributed by atoms with E-state index >= 15 is 0 Å². The second-order valence-corrected chi connectivity index (χ2v) is 8.88. The molecule has 0 unspecified atom stereocenters. The number of carbonyl (C=O) groups is 1. The molecule has 33 heavy (non-hydrogen) atoms. The third-order valence-corrected chi connectivity index (χ3v) is 6.17. The lowest BCUT2D eigenvalue weighted by molar-refractivity contribution is -0.120. The number of methoxy groups -OCH3 is 2. The highest BCUT2D eigenvalue weighted by atomic mass is 16.5. The predicted molar refractivity (Wildman–Crippen MR) is 125 cm³/mol. The van der Waals surface area contributed by atoms with Crippen molar-refractivity contribution in [2.45, 2.75) is 52.2 Å². The second-order valence-electron chi connectivity index (χ2n) is 8.88. The van der Waals surface area contributed by atoms with E-state index in [1.807, 2.05) is 51.1 Å². The molecule has 1 N–H and O–H groups in total. The van der Waals surface area contributed by atoms with Gasteiger partial charge in [0.15, 0.2) is 0 Å². The molecule has 4 rings (SSSR count). The van der Waals surface area contributed by atoms with Crippen LogP contribution in [0.15, 0.2) is 39.5 Å². The van der Waals surface area contributed by atoms with Gasteiger partial charge in [0.25, 0.3) is 0 Å². The second kappa shape index (κ2) is 8.81.